The summed E-state index contributed by atoms with van der Waals surface area (Å²) >= 11 is 1.65. The lowest BCUT2D eigenvalue weighted by Crippen LogP contribution is -2.40. The van der Waals surface area contributed by atoms with Gasteiger partial charge in [-0.3, -0.25) is 4.90 Å². The molecule has 2 N–H and O–H groups in total. The minimum Gasteiger partial charge on any atom is -0.508 e. The molecule has 1 saturated heterocycles. The second-order valence-corrected chi connectivity index (χ2v) is 9.88. The highest BCUT2D eigenvalue weighted by molar-refractivity contribution is 7.23. The summed E-state index contributed by atoms with van der Waals surface area (Å²) in [7, 11) is 0. The molecule has 4 aromatic rings. The number of fused-ring (bicyclic) bond motifs is 1. The van der Waals surface area contributed by atoms with Gasteiger partial charge in [-0.2, -0.15) is 0 Å². The maximum absolute atomic E-state index is 10.1. The van der Waals surface area contributed by atoms with E-state index in [9.17, 15) is 10.2 Å². The number of hydrogen-bond acceptors (Lipinski definition) is 5. The highest BCUT2D eigenvalue weighted by Gasteiger charge is 2.21. The lowest BCUT2D eigenvalue weighted by molar-refractivity contribution is 0.0262. The van der Waals surface area contributed by atoms with Crippen LogP contribution in [0.5, 0.6) is 17.2 Å². The number of nitrogens with zero attached hydrogens (tertiary/aromatic N) is 1. The first-order valence-corrected chi connectivity index (χ1v) is 12.4. The monoisotopic (exact) mass is 459 g/mol. The van der Waals surface area contributed by atoms with E-state index in [1.54, 1.807) is 29.5 Å². The molecule has 0 aliphatic carbocycles. The molecule has 2 heterocycles. The number of hydrogen-bond donors (Lipinski definition) is 2. The fraction of sp³-hybridized carbons (Fsp3) is 0.286. The molecule has 1 aliphatic rings. The number of ether oxygens (including phenoxy) is 1. The van der Waals surface area contributed by atoms with E-state index < -0.39 is 0 Å². The zero-order valence-corrected chi connectivity index (χ0v) is 19.9. The van der Waals surface area contributed by atoms with Gasteiger partial charge in [0.2, 0.25) is 0 Å². The second kappa shape index (κ2) is 9.08. The summed E-state index contributed by atoms with van der Waals surface area (Å²) in [4.78, 5) is 3.52. The summed E-state index contributed by atoms with van der Waals surface area (Å²) in [5.74, 6) is 1.37. The van der Waals surface area contributed by atoms with Crippen LogP contribution in [0.4, 0.5) is 0 Å². The van der Waals surface area contributed by atoms with E-state index >= 15 is 0 Å². The van der Waals surface area contributed by atoms with E-state index in [2.05, 4.69) is 36.9 Å². The van der Waals surface area contributed by atoms with Gasteiger partial charge in [0.25, 0.3) is 0 Å². The Kier molecular flexibility index (Phi) is 6.00. The van der Waals surface area contributed by atoms with Crippen molar-refractivity contribution in [2.75, 3.05) is 13.1 Å². The quantitative estimate of drug-likeness (QED) is 0.332. The fourth-order valence-corrected chi connectivity index (χ4v) is 5.92. The van der Waals surface area contributed by atoms with Gasteiger partial charge >= 0.3 is 0 Å². The zero-order valence-electron chi connectivity index (χ0n) is 19.0. The lowest BCUT2D eigenvalue weighted by atomic mass is 9.95. The van der Waals surface area contributed by atoms with Crippen LogP contribution in [0.3, 0.4) is 0 Å². The number of aryl methyl sites for hydroxylation is 1. The van der Waals surface area contributed by atoms with Gasteiger partial charge in [-0.25, -0.2) is 0 Å². The number of piperidine rings is 1. The Hall–Kier alpha value is -3.02. The molecular weight excluding hydrogens is 430 g/mol. The van der Waals surface area contributed by atoms with E-state index in [-0.39, 0.29) is 17.7 Å². The Balaban J connectivity index is 1.60. The summed E-state index contributed by atoms with van der Waals surface area (Å²) in [6, 6.07) is 19.2. The molecule has 0 radical (unpaired) electrons. The number of likely N-dealkylation sites (tertiary alicyclic amines) is 1. The van der Waals surface area contributed by atoms with Crippen molar-refractivity contribution in [3.05, 3.63) is 66.2 Å². The summed E-state index contributed by atoms with van der Waals surface area (Å²) in [6.07, 6.45) is 3.81. The normalized spacial score (nSPS) is 15.6. The van der Waals surface area contributed by atoms with E-state index in [1.165, 1.54) is 24.8 Å². The Morgan fingerprint density at radius 3 is 2.36 bits per heavy atom. The zero-order chi connectivity index (χ0) is 22.9. The predicted octanol–water partition coefficient (Wildman–Crippen LogP) is 7.17. The van der Waals surface area contributed by atoms with Crippen molar-refractivity contribution in [3.8, 4) is 38.8 Å². The van der Waals surface area contributed by atoms with Crippen molar-refractivity contribution in [1.82, 2.24) is 4.90 Å². The van der Waals surface area contributed by atoms with Crippen LogP contribution in [-0.4, -0.2) is 34.4 Å². The van der Waals surface area contributed by atoms with E-state index in [0.29, 0.717) is 0 Å². The van der Waals surface area contributed by atoms with E-state index in [1.807, 2.05) is 24.3 Å². The Morgan fingerprint density at radius 2 is 1.61 bits per heavy atom. The first kappa shape index (κ1) is 21.8. The van der Waals surface area contributed by atoms with Crippen molar-refractivity contribution in [1.29, 1.82) is 0 Å². The Bertz CT molecular complexity index is 1270. The second-order valence-electron chi connectivity index (χ2n) is 8.82. The summed E-state index contributed by atoms with van der Waals surface area (Å²) in [5, 5.41) is 21.0. The van der Waals surface area contributed by atoms with Gasteiger partial charge < -0.3 is 14.9 Å². The molecule has 5 heteroatoms. The lowest BCUT2D eigenvalue weighted by Gasteiger charge is -2.32. The van der Waals surface area contributed by atoms with Gasteiger partial charge in [-0.1, -0.05) is 12.5 Å². The van der Waals surface area contributed by atoms with Gasteiger partial charge in [-0.05, 0) is 98.0 Å². The van der Waals surface area contributed by atoms with Crippen molar-refractivity contribution in [3.63, 3.8) is 0 Å². The first-order valence-electron chi connectivity index (χ1n) is 11.6. The van der Waals surface area contributed by atoms with E-state index in [4.69, 9.17) is 4.74 Å². The van der Waals surface area contributed by atoms with Crippen molar-refractivity contribution in [2.24, 2.45) is 0 Å². The van der Waals surface area contributed by atoms with Crippen LogP contribution >= 0.6 is 11.3 Å². The number of rotatable bonds is 5. The molecule has 1 unspecified atom stereocenters. The van der Waals surface area contributed by atoms with Crippen molar-refractivity contribution in [2.45, 2.75) is 39.3 Å². The van der Waals surface area contributed by atoms with Crippen LogP contribution in [0, 0.1) is 6.92 Å². The molecule has 3 aromatic carbocycles. The maximum atomic E-state index is 10.1. The highest BCUT2D eigenvalue weighted by atomic mass is 32.1. The Labute approximate surface area is 198 Å². The van der Waals surface area contributed by atoms with Gasteiger partial charge in [0.05, 0.1) is 0 Å². The standard InChI is InChI=1S/C28H29NO3S/c1-18-6-12-23(32-19(2)29-14-4-3-5-15-29)17-25(18)27-24-13-11-22(31)16-26(24)33-28(27)20-7-9-21(30)10-8-20/h6-13,16-17,19,30-31H,3-5,14-15H2,1-2H3. The molecule has 1 aliphatic heterocycles. The molecule has 1 atom stereocenters. The van der Waals surface area contributed by atoms with Gasteiger partial charge in [-0.15, -0.1) is 11.3 Å². The summed E-state index contributed by atoms with van der Waals surface area (Å²) < 4.78 is 7.42. The van der Waals surface area contributed by atoms with Gasteiger partial charge in [0, 0.05) is 33.6 Å². The molecule has 33 heavy (non-hydrogen) atoms. The molecule has 0 amide bonds. The van der Waals surface area contributed by atoms with Crippen LogP contribution in [0.15, 0.2) is 60.7 Å². The van der Waals surface area contributed by atoms with Crippen LogP contribution in [0.2, 0.25) is 0 Å². The largest absolute Gasteiger partial charge is 0.508 e. The minimum atomic E-state index is 0.0357. The number of aromatic hydroxyl groups is 2. The molecule has 0 spiro atoms. The molecule has 4 nitrogen and oxygen atoms in total. The van der Waals surface area contributed by atoms with Crippen LogP contribution < -0.4 is 4.74 Å². The third-order valence-electron chi connectivity index (χ3n) is 6.49. The minimum absolute atomic E-state index is 0.0357. The maximum Gasteiger partial charge on any atom is 0.149 e. The predicted molar refractivity (Wildman–Crippen MR) is 136 cm³/mol. The summed E-state index contributed by atoms with van der Waals surface area (Å²) in [6.45, 7) is 6.43. The first-order chi connectivity index (χ1) is 16.0. The van der Waals surface area contributed by atoms with Crippen LogP contribution in [0.1, 0.15) is 31.7 Å². The molecule has 0 saturated carbocycles. The van der Waals surface area contributed by atoms with Gasteiger partial charge in [0.15, 0.2) is 0 Å². The highest BCUT2D eigenvalue weighted by Crippen LogP contribution is 2.47. The average molecular weight is 460 g/mol. The fourth-order valence-electron chi connectivity index (χ4n) is 4.67. The third-order valence-corrected chi connectivity index (χ3v) is 7.69. The molecule has 170 valence electrons. The molecule has 0 bridgehead atoms. The third kappa shape index (κ3) is 4.43. The molecular formula is C28H29NO3S. The average Bonchev–Trinajstić information content (AvgIpc) is 3.19. The number of thiophene rings is 1. The molecule has 1 aromatic heterocycles. The molecule has 5 rings (SSSR count). The van der Waals surface area contributed by atoms with Gasteiger partial charge in [0.1, 0.15) is 23.5 Å². The molecule has 1 fully saturated rings. The van der Waals surface area contributed by atoms with E-state index in [0.717, 1.165) is 50.5 Å². The smallest absolute Gasteiger partial charge is 0.149 e. The number of phenolic OH excluding ortho intramolecular Hbond substituents is 2. The van der Waals surface area contributed by atoms with Crippen LogP contribution in [0.25, 0.3) is 31.7 Å². The summed E-state index contributed by atoms with van der Waals surface area (Å²) in [5.41, 5.74) is 4.46. The number of benzene rings is 3. The van der Waals surface area contributed by atoms with Crippen molar-refractivity contribution < 1.29 is 14.9 Å². The van der Waals surface area contributed by atoms with Crippen LogP contribution in [-0.2, 0) is 0 Å². The topological polar surface area (TPSA) is 52.9 Å². The van der Waals surface area contributed by atoms with Crippen molar-refractivity contribution >= 4 is 21.4 Å². The Morgan fingerprint density at radius 1 is 0.879 bits per heavy atom. The SMILES string of the molecule is Cc1ccc(OC(C)N2CCCCC2)cc1-c1c(-c2ccc(O)cc2)sc2cc(O)ccc12. The number of phenols is 2.